The van der Waals surface area contributed by atoms with Crippen molar-refractivity contribution in [3.05, 3.63) is 27.1 Å². The molecule has 1 saturated carbocycles. The molecular weight excluding hydrogens is 349 g/mol. The largest absolute Gasteiger partial charge is 0.459 e. The van der Waals surface area contributed by atoms with Crippen LogP contribution in [0.25, 0.3) is 4.96 Å². The normalized spacial score (nSPS) is 22.7. The molecule has 1 atom stereocenters. The zero-order valence-electron chi connectivity index (χ0n) is 11.9. The van der Waals surface area contributed by atoms with E-state index in [0.29, 0.717) is 17.1 Å². The van der Waals surface area contributed by atoms with Crippen molar-refractivity contribution in [3.63, 3.8) is 0 Å². The number of nitrogens with zero attached hydrogens (tertiary/aromatic N) is 3. The number of hydrogen-bond donors (Lipinski definition) is 0. The van der Waals surface area contributed by atoms with Gasteiger partial charge in [0.05, 0.1) is 5.69 Å². The SMILES string of the molecule is CCc1nn2c(=O)cc(COC(=O)[C@]3(C)CC3(Cl)Cl)nc2s1. The molecule has 22 heavy (non-hydrogen) atoms. The van der Waals surface area contributed by atoms with Gasteiger partial charge in [0.1, 0.15) is 21.4 Å². The summed E-state index contributed by atoms with van der Waals surface area (Å²) in [6.45, 7) is 3.51. The standard InChI is InChI=1S/C13H13Cl2N3O3S/c1-3-8-17-18-9(19)4-7(16-11(18)22-8)5-21-10(20)12(2)6-13(12,14)15/h4H,3,5-6H2,1-2H3/t12-/m0/s1. The van der Waals surface area contributed by atoms with E-state index in [2.05, 4.69) is 10.1 Å². The van der Waals surface area contributed by atoms with E-state index >= 15 is 0 Å². The van der Waals surface area contributed by atoms with Gasteiger partial charge in [-0.25, -0.2) is 4.98 Å². The fourth-order valence-corrected chi connectivity index (χ4v) is 3.58. The van der Waals surface area contributed by atoms with Gasteiger partial charge in [-0.05, 0) is 13.3 Å². The van der Waals surface area contributed by atoms with Crippen LogP contribution in [-0.2, 0) is 22.6 Å². The fourth-order valence-electron chi connectivity index (χ4n) is 2.03. The lowest BCUT2D eigenvalue weighted by molar-refractivity contribution is -0.151. The first-order valence-corrected chi connectivity index (χ1v) is 8.28. The van der Waals surface area contributed by atoms with Gasteiger partial charge in [-0.15, -0.1) is 23.2 Å². The Morgan fingerprint density at radius 2 is 2.23 bits per heavy atom. The minimum Gasteiger partial charge on any atom is -0.459 e. The lowest BCUT2D eigenvalue weighted by Crippen LogP contribution is -2.22. The Morgan fingerprint density at radius 3 is 2.82 bits per heavy atom. The Labute approximate surface area is 140 Å². The maximum atomic E-state index is 12.0. The minimum absolute atomic E-state index is 0.0939. The molecule has 1 aliphatic rings. The summed E-state index contributed by atoms with van der Waals surface area (Å²) in [5.74, 6) is -0.488. The number of rotatable bonds is 4. The predicted molar refractivity (Wildman–Crippen MR) is 83.5 cm³/mol. The summed E-state index contributed by atoms with van der Waals surface area (Å²) in [7, 11) is 0. The summed E-state index contributed by atoms with van der Waals surface area (Å²) in [5, 5.41) is 4.97. The number of aromatic nitrogens is 3. The van der Waals surface area contributed by atoms with Crippen molar-refractivity contribution in [1.29, 1.82) is 0 Å². The van der Waals surface area contributed by atoms with Gasteiger partial charge < -0.3 is 4.74 Å². The first-order chi connectivity index (χ1) is 10.3. The highest BCUT2D eigenvalue weighted by molar-refractivity contribution is 7.16. The molecule has 0 unspecified atom stereocenters. The van der Waals surface area contributed by atoms with E-state index in [1.807, 2.05) is 6.92 Å². The van der Waals surface area contributed by atoms with E-state index < -0.39 is 15.7 Å². The second-order valence-electron chi connectivity index (χ2n) is 5.42. The number of ether oxygens (including phenoxy) is 1. The summed E-state index contributed by atoms with van der Waals surface area (Å²) < 4.78 is 5.37. The monoisotopic (exact) mass is 361 g/mol. The van der Waals surface area contributed by atoms with E-state index in [1.54, 1.807) is 6.92 Å². The highest BCUT2D eigenvalue weighted by Crippen LogP contribution is 2.64. The number of carbonyl (C=O) groups excluding carboxylic acids is 1. The molecule has 3 rings (SSSR count). The summed E-state index contributed by atoms with van der Waals surface area (Å²) >= 11 is 13.2. The first kappa shape index (κ1) is 15.7. The molecule has 0 spiro atoms. The lowest BCUT2D eigenvalue weighted by atomic mass is 10.1. The van der Waals surface area contributed by atoms with E-state index in [4.69, 9.17) is 27.9 Å². The zero-order valence-corrected chi connectivity index (χ0v) is 14.3. The van der Waals surface area contributed by atoms with E-state index in [1.165, 1.54) is 21.9 Å². The van der Waals surface area contributed by atoms with Crippen molar-refractivity contribution in [2.24, 2.45) is 5.41 Å². The van der Waals surface area contributed by atoms with Crippen LogP contribution in [0.3, 0.4) is 0 Å². The molecule has 2 heterocycles. The molecule has 2 aromatic heterocycles. The van der Waals surface area contributed by atoms with Gasteiger partial charge in [0, 0.05) is 12.5 Å². The Hall–Kier alpha value is -1.18. The van der Waals surface area contributed by atoms with Gasteiger partial charge >= 0.3 is 5.97 Å². The van der Waals surface area contributed by atoms with Crippen molar-refractivity contribution in [2.45, 2.75) is 37.6 Å². The number of esters is 1. The van der Waals surface area contributed by atoms with Gasteiger partial charge in [-0.2, -0.15) is 9.61 Å². The maximum absolute atomic E-state index is 12.0. The Bertz CT molecular complexity index is 816. The van der Waals surface area contributed by atoms with Gasteiger partial charge in [-0.1, -0.05) is 18.3 Å². The van der Waals surface area contributed by atoms with Gasteiger partial charge in [0.25, 0.3) is 5.56 Å². The average molecular weight is 362 g/mol. The molecule has 0 N–H and O–H groups in total. The highest BCUT2D eigenvalue weighted by atomic mass is 35.5. The molecular formula is C13H13Cl2N3O3S. The molecule has 0 aromatic carbocycles. The quantitative estimate of drug-likeness (QED) is 0.617. The smallest absolute Gasteiger partial charge is 0.315 e. The van der Waals surface area contributed by atoms with Crippen LogP contribution in [0.1, 0.15) is 31.0 Å². The molecule has 1 aliphatic carbocycles. The third-order valence-corrected chi connectivity index (χ3v) is 5.86. The fraction of sp³-hybridized carbons (Fsp3) is 0.538. The molecule has 0 saturated heterocycles. The molecule has 118 valence electrons. The van der Waals surface area contributed by atoms with E-state index in [9.17, 15) is 9.59 Å². The van der Waals surface area contributed by atoms with Crippen LogP contribution in [0.15, 0.2) is 10.9 Å². The molecule has 0 radical (unpaired) electrons. The van der Waals surface area contributed by atoms with Crippen molar-refractivity contribution < 1.29 is 9.53 Å². The van der Waals surface area contributed by atoms with Crippen LogP contribution in [0.4, 0.5) is 0 Å². The Kier molecular flexibility index (Phi) is 3.70. The van der Waals surface area contributed by atoms with Crippen LogP contribution in [0, 0.1) is 5.41 Å². The third kappa shape index (κ3) is 2.51. The number of aryl methyl sites for hydroxylation is 1. The second kappa shape index (κ2) is 5.18. The number of hydrogen-bond acceptors (Lipinski definition) is 6. The Morgan fingerprint density at radius 1 is 1.55 bits per heavy atom. The first-order valence-electron chi connectivity index (χ1n) is 6.70. The number of alkyl halides is 2. The van der Waals surface area contributed by atoms with Gasteiger partial charge in [-0.3, -0.25) is 9.59 Å². The summed E-state index contributed by atoms with van der Waals surface area (Å²) in [4.78, 5) is 28.7. The minimum atomic E-state index is -1.07. The van der Waals surface area contributed by atoms with Gasteiger partial charge in [0.15, 0.2) is 0 Å². The molecule has 0 bridgehead atoms. The summed E-state index contributed by atoms with van der Waals surface area (Å²) in [6, 6.07) is 1.31. The van der Waals surface area contributed by atoms with Gasteiger partial charge in [0.2, 0.25) is 4.96 Å². The topological polar surface area (TPSA) is 73.6 Å². The van der Waals surface area contributed by atoms with Crippen molar-refractivity contribution >= 4 is 45.5 Å². The zero-order chi connectivity index (χ0) is 16.1. The third-order valence-electron chi connectivity index (χ3n) is 3.70. The van der Waals surface area contributed by atoms with Crippen LogP contribution < -0.4 is 5.56 Å². The van der Waals surface area contributed by atoms with E-state index in [0.717, 1.165) is 11.4 Å². The maximum Gasteiger partial charge on any atom is 0.315 e. The van der Waals surface area contributed by atoms with Crippen LogP contribution in [-0.4, -0.2) is 24.9 Å². The molecule has 2 aromatic rings. The van der Waals surface area contributed by atoms with Crippen molar-refractivity contribution in [3.8, 4) is 0 Å². The van der Waals surface area contributed by atoms with Crippen LogP contribution >= 0.6 is 34.5 Å². The second-order valence-corrected chi connectivity index (χ2v) is 7.94. The molecule has 6 nitrogen and oxygen atoms in total. The number of fused-ring (bicyclic) bond motifs is 1. The average Bonchev–Trinajstić information content (AvgIpc) is 2.83. The Balaban J connectivity index is 1.77. The predicted octanol–water partition coefficient (Wildman–Crippen LogP) is 2.34. The van der Waals surface area contributed by atoms with Crippen molar-refractivity contribution in [1.82, 2.24) is 14.6 Å². The highest BCUT2D eigenvalue weighted by Gasteiger charge is 2.69. The lowest BCUT2D eigenvalue weighted by Gasteiger charge is -2.11. The van der Waals surface area contributed by atoms with Crippen LogP contribution in [0.2, 0.25) is 0 Å². The van der Waals surface area contributed by atoms with E-state index in [-0.39, 0.29) is 12.2 Å². The number of halogens is 2. The van der Waals surface area contributed by atoms with Crippen molar-refractivity contribution in [2.75, 3.05) is 0 Å². The molecule has 9 heteroatoms. The molecule has 0 aliphatic heterocycles. The van der Waals surface area contributed by atoms with Crippen LogP contribution in [0.5, 0.6) is 0 Å². The number of carbonyl (C=O) groups is 1. The molecule has 1 fully saturated rings. The summed E-state index contributed by atoms with van der Waals surface area (Å²) in [6.07, 6.45) is 1.08. The molecule has 0 amide bonds. The summed E-state index contributed by atoms with van der Waals surface area (Å²) in [5.41, 5.74) is -0.813.